The first-order valence-corrected chi connectivity index (χ1v) is 35.9. The van der Waals surface area contributed by atoms with Crippen LogP contribution in [0.5, 0.6) is 0 Å². The number of hydrogen-bond donors (Lipinski definition) is 0. The molecule has 0 radical (unpaired) electrons. The highest BCUT2D eigenvalue weighted by molar-refractivity contribution is 5.71. The molecule has 82 heavy (non-hydrogen) atoms. The number of carbonyl (C=O) groups is 3. The lowest BCUT2D eigenvalue weighted by atomic mass is 10.0. The van der Waals surface area contributed by atoms with Crippen LogP contribution in [-0.4, -0.2) is 37.2 Å². The number of unbranched alkanes of at least 4 members (excludes halogenated alkanes) is 43. The van der Waals surface area contributed by atoms with E-state index in [1.165, 1.54) is 238 Å². The second-order valence-corrected chi connectivity index (χ2v) is 24.1. The molecule has 6 heteroatoms. The van der Waals surface area contributed by atoms with Gasteiger partial charge in [0.15, 0.2) is 6.10 Å². The summed E-state index contributed by atoms with van der Waals surface area (Å²) in [6.45, 7) is 6.55. The van der Waals surface area contributed by atoms with E-state index < -0.39 is 6.10 Å². The number of ether oxygens (including phenoxy) is 3. The third kappa shape index (κ3) is 67.6. The maximum absolute atomic E-state index is 12.9. The quantitative estimate of drug-likeness (QED) is 0.0261. The minimum absolute atomic E-state index is 0.0719. The smallest absolute Gasteiger partial charge is 0.306 e. The van der Waals surface area contributed by atoms with E-state index in [2.05, 4.69) is 93.7 Å². The molecule has 0 aliphatic carbocycles. The Morgan fingerprint density at radius 2 is 0.476 bits per heavy atom. The summed E-state index contributed by atoms with van der Waals surface area (Å²) >= 11 is 0. The molecule has 0 fully saturated rings. The van der Waals surface area contributed by atoms with E-state index in [0.717, 1.165) is 96.3 Å². The Balaban J connectivity index is 4.14. The molecule has 1 atom stereocenters. The highest BCUT2D eigenvalue weighted by atomic mass is 16.6. The Kier molecular flexibility index (Phi) is 67.6. The number of hydrogen-bond acceptors (Lipinski definition) is 6. The highest BCUT2D eigenvalue weighted by Crippen LogP contribution is 2.18. The fourth-order valence-corrected chi connectivity index (χ4v) is 10.6. The van der Waals surface area contributed by atoms with Crippen LogP contribution >= 0.6 is 0 Å². The summed E-state index contributed by atoms with van der Waals surface area (Å²) in [6.07, 6.45) is 92.3. The SMILES string of the molecule is CC/C=C\C/C=C\C/C=C\C/C=C\C/C=C\CCCCCCCCCCCCCCCCCCCC(=O)OCC(COC(=O)CCCCCCC/C=C\CCCCC)OC(=O)CCCCCCCCCCCCCCCCCCCCC. The van der Waals surface area contributed by atoms with Crippen molar-refractivity contribution in [2.24, 2.45) is 0 Å². The lowest BCUT2D eigenvalue weighted by Crippen LogP contribution is -2.30. The molecule has 0 amide bonds. The standard InChI is InChI=1S/C76H136O6/c1-4-7-10-13-16-19-22-25-27-29-31-32-33-34-35-36-37-38-39-40-41-42-43-44-46-47-49-51-54-57-60-63-66-69-75(78)81-72-73(71-80-74(77)68-65-62-59-56-53-24-21-18-15-12-9-6-3)82-76(79)70-67-64-61-58-55-52-50-48-45-30-28-26-23-20-17-14-11-8-5-2/h7,10,16,18-19,21,25,27,31-32,34-35,73H,4-6,8-9,11-15,17,20,22-24,26,28-30,33,36-72H2,1-3H3/b10-7-,19-16-,21-18-,27-25-,32-31-,35-34-. The van der Waals surface area contributed by atoms with Crippen LogP contribution < -0.4 is 0 Å². The van der Waals surface area contributed by atoms with Crippen molar-refractivity contribution in [1.82, 2.24) is 0 Å². The van der Waals surface area contributed by atoms with Crippen molar-refractivity contribution in [3.63, 3.8) is 0 Å². The average molecular weight is 1150 g/mol. The van der Waals surface area contributed by atoms with Gasteiger partial charge in [0.2, 0.25) is 0 Å². The van der Waals surface area contributed by atoms with E-state index in [0.29, 0.717) is 19.3 Å². The van der Waals surface area contributed by atoms with E-state index in [1.807, 2.05) is 0 Å². The molecule has 0 saturated carbocycles. The summed E-state index contributed by atoms with van der Waals surface area (Å²) in [6, 6.07) is 0. The maximum atomic E-state index is 12.9. The van der Waals surface area contributed by atoms with Crippen LogP contribution in [0.2, 0.25) is 0 Å². The van der Waals surface area contributed by atoms with Gasteiger partial charge in [0.05, 0.1) is 0 Å². The molecular weight excluding hydrogens is 1010 g/mol. The van der Waals surface area contributed by atoms with Gasteiger partial charge in [-0.2, -0.15) is 0 Å². The van der Waals surface area contributed by atoms with Crippen molar-refractivity contribution in [2.75, 3.05) is 13.2 Å². The van der Waals surface area contributed by atoms with Gasteiger partial charge in [-0.25, -0.2) is 0 Å². The van der Waals surface area contributed by atoms with Crippen molar-refractivity contribution < 1.29 is 28.6 Å². The molecule has 476 valence electrons. The molecule has 6 nitrogen and oxygen atoms in total. The number of carbonyl (C=O) groups excluding carboxylic acids is 3. The Morgan fingerprint density at radius 3 is 0.780 bits per heavy atom. The van der Waals surface area contributed by atoms with E-state index >= 15 is 0 Å². The van der Waals surface area contributed by atoms with Gasteiger partial charge in [0.25, 0.3) is 0 Å². The van der Waals surface area contributed by atoms with Crippen LogP contribution in [-0.2, 0) is 28.6 Å². The van der Waals surface area contributed by atoms with Crippen LogP contribution in [0.25, 0.3) is 0 Å². The molecular formula is C76H136O6. The second-order valence-electron chi connectivity index (χ2n) is 24.1. The van der Waals surface area contributed by atoms with E-state index in [9.17, 15) is 14.4 Å². The van der Waals surface area contributed by atoms with E-state index in [4.69, 9.17) is 14.2 Å². The van der Waals surface area contributed by atoms with Gasteiger partial charge in [0, 0.05) is 19.3 Å². The summed E-state index contributed by atoms with van der Waals surface area (Å²) < 4.78 is 17.0. The van der Waals surface area contributed by atoms with Crippen molar-refractivity contribution in [3.8, 4) is 0 Å². The second kappa shape index (κ2) is 70.3. The van der Waals surface area contributed by atoms with Crippen molar-refractivity contribution in [3.05, 3.63) is 72.9 Å². The van der Waals surface area contributed by atoms with Gasteiger partial charge in [-0.3, -0.25) is 14.4 Å². The monoisotopic (exact) mass is 1150 g/mol. The lowest BCUT2D eigenvalue weighted by Gasteiger charge is -2.18. The van der Waals surface area contributed by atoms with Gasteiger partial charge < -0.3 is 14.2 Å². The zero-order valence-corrected chi connectivity index (χ0v) is 54.8. The van der Waals surface area contributed by atoms with Crippen LogP contribution in [0.15, 0.2) is 72.9 Å². The fourth-order valence-electron chi connectivity index (χ4n) is 10.6. The molecule has 1 unspecified atom stereocenters. The lowest BCUT2D eigenvalue weighted by molar-refractivity contribution is -0.167. The van der Waals surface area contributed by atoms with Gasteiger partial charge in [-0.15, -0.1) is 0 Å². The largest absolute Gasteiger partial charge is 0.462 e. The first-order valence-electron chi connectivity index (χ1n) is 35.9. The predicted octanol–water partition coefficient (Wildman–Crippen LogP) is 24.8. The van der Waals surface area contributed by atoms with Crippen molar-refractivity contribution in [1.29, 1.82) is 0 Å². The van der Waals surface area contributed by atoms with Gasteiger partial charge >= 0.3 is 17.9 Å². The average Bonchev–Trinajstić information content (AvgIpc) is 3.47. The summed E-state index contributed by atoms with van der Waals surface area (Å²) in [7, 11) is 0. The van der Waals surface area contributed by atoms with Crippen LogP contribution in [0.4, 0.5) is 0 Å². The minimum Gasteiger partial charge on any atom is -0.462 e. The third-order valence-electron chi connectivity index (χ3n) is 15.9. The van der Waals surface area contributed by atoms with E-state index in [1.54, 1.807) is 0 Å². The molecule has 0 aliphatic heterocycles. The highest BCUT2D eigenvalue weighted by Gasteiger charge is 2.19. The van der Waals surface area contributed by atoms with Gasteiger partial charge in [-0.05, 0) is 89.9 Å². The maximum Gasteiger partial charge on any atom is 0.306 e. The van der Waals surface area contributed by atoms with Gasteiger partial charge in [0.1, 0.15) is 13.2 Å². The molecule has 0 bridgehead atoms. The number of rotatable bonds is 66. The van der Waals surface area contributed by atoms with Crippen molar-refractivity contribution in [2.45, 2.75) is 380 Å². The molecule has 0 aromatic rings. The Bertz CT molecular complexity index is 1500. The van der Waals surface area contributed by atoms with Crippen LogP contribution in [0.3, 0.4) is 0 Å². The number of esters is 3. The summed E-state index contributed by atoms with van der Waals surface area (Å²) in [5, 5.41) is 0. The molecule has 0 aromatic carbocycles. The summed E-state index contributed by atoms with van der Waals surface area (Å²) in [4.78, 5) is 38.4. The third-order valence-corrected chi connectivity index (χ3v) is 15.9. The summed E-state index contributed by atoms with van der Waals surface area (Å²) in [5.41, 5.74) is 0. The minimum atomic E-state index is -0.775. The zero-order valence-electron chi connectivity index (χ0n) is 54.8. The number of allylic oxidation sites excluding steroid dienone is 12. The molecule has 0 aliphatic rings. The molecule has 0 aromatic heterocycles. The Labute approximate surface area is 510 Å². The van der Waals surface area contributed by atoms with Crippen molar-refractivity contribution >= 4 is 17.9 Å². The van der Waals surface area contributed by atoms with E-state index in [-0.39, 0.29) is 31.1 Å². The first-order chi connectivity index (χ1) is 40.5. The predicted molar refractivity (Wildman–Crippen MR) is 358 cm³/mol. The Hall–Kier alpha value is -3.15. The van der Waals surface area contributed by atoms with Crippen LogP contribution in [0.1, 0.15) is 374 Å². The molecule has 0 saturated heterocycles. The molecule has 0 rings (SSSR count). The molecule has 0 N–H and O–H groups in total. The zero-order chi connectivity index (χ0) is 59.2. The normalized spacial score (nSPS) is 12.5. The first kappa shape index (κ1) is 78.8. The fraction of sp³-hybridized carbons (Fsp3) is 0.803. The molecule has 0 heterocycles. The van der Waals surface area contributed by atoms with Crippen LogP contribution in [0, 0.1) is 0 Å². The topological polar surface area (TPSA) is 78.9 Å². The molecule has 0 spiro atoms. The summed E-state index contributed by atoms with van der Waals surface area (Å²) in [5.74, 6) is -0.857. The van der Waals surface area contributed by atoms with Gasteiger partial charge in [-0.1, -0.05) is 338 Å². The Morgan fingerprint density at radius 1 is 0.256 bits per heavy atom.